The second-order valence-corrected chi connectivity index (χ2v) is 7.62. The summed E-state index contributed by atoms with van der Waals surface area (Å²) in [5.41, 5.74) is 0.843. The van der Waals surface area contributed by atoms with Crippen LogP contribution in [0.1, 0.15) is 6.92 Å². The third-order valence-corrected chi connectivity index (χ3v) is 6.10. The van der Waals surface area contributed by atoms with Gasteiger partial charge in [0, 0.05) is 23.0 Å². The van der Waals surface area contributed by atoms with Gasteiger partial charge in [-0.15, -0.1) is 0 Å². The molecule has 0 aliphatic heterocycles. The van der Waals surface area contributed by atoms with Crippen LogP contribution >= 0.6 is 35.0 Å². The quantitative estimate of drug-likeness (QED) is 0.369. The summed E-state index contributed by atoms with van der Waals surface area (Å²) in [4.78, 5) is 0.953. The molecule has 0 aliphatic carbocycles. The zero-order chi connectivity index (χ0) is 19.1. The van der Waals surface area contributed by atoms with Crippen LogP contribution in [0.25, 0.3) is 16.6 Å². The Morgan fingerprint density at radius 2 is 1.89 bits per heavy atom. The molecule has 4 aromatic rings. The molecule has 3 nitrogen and oxygen atoms in total. The van der Waals surface area contributed by atoms with Crippen LogP contribution in [0, 0.1) is 11.6 Å². The molecule has 0 amide bonds. The van der Waals surface area contributed by atoms with Gasteiger partial charge in [-0.05, 0) is 31.2 Å². The van der Waals surface area contributed by atoms with E-state index in [2.05, 4.69) is 5.10 Å². The van der Waals surface area contributed by atoms with Crippen molar-refractivity contribution < 1.29 is 8.78 Å². The second kappa shape index (κ2) is 7.19. The Labute approximate surface area is 168 Å². The molecule has 0 atom stereocenters. The molecule has 0 spiro atoms. The molecule has 0 unspecified atom stereocenters. The van der Waals surface area contributed by atoms with Gasteiger partial charge in [-0.3, -0.25) is 9.25 Å². The molecule has 0 aliphatic rings. The van der Waals surface area contributed by atoms with Crippen molar-refractivity contribution in [2.24, 2.45) is 0 Å². The van der Waals surface area contributed by atoms with Crippen LogP contribution < -0.4 is 0 Å². The molecule has 4 rings (SSSR count). The first-order valence-electron chi connectivity index (χ1n) is 8.14. The van der Waals surface area contributed by atoms with Crippen LogP contribution in [0.4, 0.5) is 8.78 Å². The molecule has 27 heavy (non-hydrogen) atoms. The van der Waals surface area contributed by atoms with Gasteiger partial charge >= 0.3 is 0 Å². The molecular weight excluding hydrogens is 411 g/mol. The highest BCUT2D eigenvalue weighted by atomic mass is 35.5. The maximum atomic E-state index is 14.9. The van der Waals surface area contributed by atoms with E-state index in [0.29, 0.717) is 27.4 Å². The van der Waals surface area contributed by atoms with Gasteiger partial charge in [0.05, 0.1) is 27.3 Å². The smallest absolute Gasteiger partial charge is 0.166 e. The van der Waals surface area contributed by atoms with Gasteiger partial charge in [0.25, 0.3) is 0 Å². The Morgan fingerprint density at radius 3 is 2.59 bits per heavy atom. The van der Waals surface area contributed by atoms with E-state index < -0.39 is 5.82 Å². The molecule has 8 heteroatoms. The van der Waals surface area contributed by atoms with Gasteiger partial charge in [0.15, 0.2) is 5.82 Å². The maximum absolute atomic E-state index is 14.9. The normalized spacial score (nSPS) is 11.4. The molecule has 2 heterocycles. The van der Waals surface area contributed by atoms with E-state index in [0.717, 1.165) is 11.8 Å². The molecule has 0 fully saturated rings. The number of aryl methyl sites for hydroxylation is 1. The minimum Gasteiger partial charge on any atom is -0.293 e. The topological polar surface area (TPSA) is 22.8 Å². The van der Waals surface area contributed by atoms with Crippen molar-refractivity contribution in [3.63, 3.8) is 0 Å². The number of aromatic nitrogens is 3. The fraction of sp³-hybridized carbons (Fsp3) is 0.105. The molecule has 0 N–H and O–H groups in total. The summed E-state index contributed by atoms with van der Waals surface area (Å²) < 4.78 is 32.3. The summed E-state index contributed by atoms with van der Waals surface area (Å²) in [5.74, 6) is -0.951. The Morgan fingerprint density at radius 1 is 1.11 bits per heavy atom. The van der Waals surface area contributed by atoms with Crippen LogP contribution in [0.3, 0.4) is 0 Å². The Bertz CT molecular complexity index is 1150. The van der Waals surface area contributed by atoms with E-state index in [9.17, 15) is 8.78 Å². The number of hydrogen-bond acceptors (Lipinski definition) is 2. The highest BCUT2D eigenvalue weighted by Gasteiger charge is 2.23. The lowest BCUT2D eigenvalue weighted by atomic mass is 10.2. The van der Waals surface area contributed by atoms with Crippen molar-refractivity contribution in [1.82, 2.24) is 14.3 Å². The van der Waals surface area contributed by atoms with E-state index >= 15 is 0 Å². The standard InChI is InChI=1S/C19H13Cl2F2N3S/c1-2-25-10-11(9-24-25)26-17-12(7-8-13(20)16(17)23)18(19(26)21)27-15-6-4-3-5-14(15)22/h3-10H,2H2,1H3. The van der Waals surface area contributed by atoms with Crippen LogP contribution in [-0.4, -0.2) is 14.3 Å². The number of rotatable bonds is 4. The highest BCUT2D eigenvalue weighted by molar-refractivity contribution is 7.99. The van der Waals surface area contributed by atoms with Gasteiger partial charge in [-0.1, -0.05) is 47.1 Å². The van der Waals surface area contributed by atoms with E-state index in [4.69, 9.17) is 23.2 Å². The lowest BCUT2D eigenvalue weighted by Gasteiger charge is -2.05. The van der Waals surface area contributed by atoms with Crippen LogP contribution in [0.2, 0.25) is 10.2 Å². The Balaban J connectivity index is 1.99. The number of benzene rings is 2. The van der Waals surface area contributed by atoms with Crippen LogP contribution in [0.5, 0.6) is 0 Å². The fourth-order valence-corrected chi connectivity index (χ4v) is 4.41. The number of fused-ring (bicyclic) bond motifs is 1. The molecule has 0 saturated carbocycles. The number of nitrogens with zero attached hydrogens (tertiary/aromatic N) is 3. The van der Waals surface area contributed by atoms with Crippen molar-refractivity contribution in [1.29, 1.82) is 0 Å². The van der Waals surface area contributed by atoms with Crippen molar-refractivity contribution in [2.75, 3.05) is 0 Å². The number of halogens is 4. The van der Waals surface area contributed by atoms with Gasteiger partial charge < -0.3 is 0 Å². The third-order valence-electron chi connectivity index (χ3n) is 4.17. The van der Waals surface area contributed by atoms with Crippen LogP contribution in [-0.2, 0) is 6.54 Å². The zero-order valence-electron chi connectivity index (χ0n) is 14.1. The molecule has 0 radical (unpaired) electrons. The first kappa shape index (κ1) is 18.3. The SMILES string of the molecule is CCn1cc(-n2c(Cl)c(Sc3ccccc3F)c3ccc(Cl)c(F)c32)cn1. The highest BCUT2D eigenvalue weighted by Crippen LogP contribution is 2.44. The Kier molecular flexibility index (Phi) is 4.88. The van der Waals surface area contributed by atoms with Crippen molar-refractivity contribution in [3.05, 3.63) is 70.6 Å². The summed E-state index contributed by atoms with van der Waals surface area (Å²) in [6, 6.07) is 9.54. The van der Waals surface area contributed by atoms with E-state index in [-0.39, 0.29) is 21.5 Å². The van der Waals surface area contributed by atoms with Gasteiger partial charge in [0.2, 0.25) is 0 Å². The molecule has 0 bridgehead atoms. The maximum Gasteiger partial charge on any atom is 0.166 e. The summed E-state index contributed by atoms with van der Waals surface area (Å²) in [7, 11) is 0. The average molecular weight is 424 g/mol. The molecule has 138 valence electrons. The first-order chi connectivity index (χ1) is 13.0. The minimum absolute atomic E-state index is 0.0109. The summed E-state index contributed by atoms with van der Waals surface area (Å²) in [6.45, 7) is 2.61. The first-order valence-corrected chi connectivity index (χ1v) is 9.71. The summed E-state index contributed by atoms with van der Waals surface area (Å²) >= 11 is 13.8. The fourth-order valence-electron chi connectivity index (χ4n) is 2.87. The average Bonchev–Trinajstić information content (AvgIpc) is 3.23. The summed E-state index contributed by atoms with van der Waals surface area (Å²) in [5, 5.41) is 5.05. The van der Waals surface area contributed by atoms with E-state index in [1.807, 2.05) is 6.92 Å². The van der Waals surface area contributed by atoms with E-state index in [1.165, 1.54) is 12.1 Å². The Hall–Kier alpha value is -2.02. The second-order valence-electron chi connectivity index (χ2n) is 5.80. The molecule has 2 aromatic carbocycles. The van der Waals surface area contributed by atoms with Gasteiger partial charge in [-0.25, -0.2) is 8.78 Å². The monoisotopic (exact) mass is 423 g/mol. The predicted octanol–water partition coefficient (Wildman–Crippen LogP) is 6.58. The minimum atomic E-state index is -0.583. The summed E-state index contributed by atoms with van der Waals surface area (Å²) in [6.07, 6.45) is 3.37. The predicted molar refractivity (Wildman–Crippen MR) is 105 cm³/mol. The largest absolute Gasteiger partial charge is 0.293 e. The van der Waals surface area contributed by atoms with Crippen molar-refractivity contribution in [3.8, 4) is 5.69 Å². The molecule has 2 aromatic heterocycles. The van der Waals surface area contributed by atoms with Gasteiger partial charge in [0.1, 0.15) is 11.0 Å². The zero-order valence-corrected chi connectivity index (χ0v) is 16.4. The molecular formula is C19H13Cl2F2N3S. The lowest BCUT2D eigenvalue weighted by Crippen LogP contribution is -1.96. The molecule has 0 saturated heterocycles. The van der Waals surface area contributed by atoms with E-state index in [1.54, 1.807) is 45.9 Å². The van der Waals surface area contributed by atoms with Gasteiger partial charge in [-0.2, -0.15) is 5.10 Å². The third kappa shape index (κ3) is 3.12. The number of hydrogen-bond donors (Lipinski definition) is 0. The van der Waals surface area contributed by atoms with Crippen LogP contribution in [0.15, 0.2) is 58.6 Å². The lowest BCUT2D eigenvalue weighted by molar-refractivity contribution is 0.602. The van der Waals surface area contributed by atoms with Crippen molar-refractivity contribution >= 4 is 45.9 Å². The van der Waals surface area contributed by atoms with Crippen molar-refractivity contribution in [2.45, 2.75) is 23.3 Å².